The fourth-order valence-electron chi connectivity index (χ4n) is 4.82. The van der Waals surface area contributed by atoms with Crippen LogP contribution in [0.15, 0.2) is 38.8 Å². The van der Waals surface area contributed by atoms with Crippen LogP contribution in [-0.2, 0) is 27.2 Å². The SMILES string of the molecule is CCCCCCCCCCCCCCCc1noc2c1C(=NOS(=O)(=O)c1ccc(C)cc1)CCC2. The zero-order chi connectivity index (χ0) is 25.6. The highest BCUT2D eigenvalue weighted by Gasteiger charge is 2.26. The molecule has 0 spiro atoms. The molecule has 3 rings (SSSR count). The molecule has 7 heteroatoms. The van der Waals surface area contributed by atoms with Crippen LogP contribution in [0.5, 0.6) is 0 Å². The molecule has 2 aromatic rings. The van der Waals surface area contributed by atoms with Crippen LogP contribution in [0.3, 0.4) is 0 Å². The van der Waals surface area contributed by atoms with E-state index in [2.05, 4.69) is 17.2 Å². The van der Waals surface area contributed by atoms with Crippen LogP contribution in [0.1, 0.15) is 126 Å². The molecule has 1 aliphatic carbocycles. The van der Waals surface area contributed by atoms with E-state index in [4.69, 9.17) is 8.81 Å². The van der Waals surface area contributed by atoms with Gasteiger partial charge in [0.2, 0.25) is 0 Å². The van der Waals surface area contributed by atoms with Gasteiger partial charge in [0.1, 0.15) is 10.7 Å². The first-order valence-electron chi connectivity index (χ1n) is 14.1. The summed E-state index contributed by atoms with van der Waals surface area (Å²) in [6.07, 6.45) is 20.2. The second kappa shape index (κ2) is 15.2. The Bertz CT molecular complexity index is 1040. The Balaban J connectivity index is 1.40. The zero-order valence-corrected chi connectivity index (χ0v) is 23.1. The van der Waals surface area contributed by atoms with E-state index < -0.39 is 10.1 Å². The lowest BCUT2D eigenvalue weighted by Crippen LogP contribution is -2.14. The molecule has 0 aliphatic heterocycles. The molecule has 1 aliphatic rings. The van der Waals surface area contributed by atoms with E-state index in [1.807, 2.05) is 6.92 Å². The van der Waals surface area contributed by atoms with Crippen LogP contribution in [0, 0.1) is 6.92 Å². The molecule has 0 saturated heterocycles. The van der Waals surface area contributed by atoms with Gasteiger partial charge in [-0.1, -0.05) is 112 Å². The molecule has 0 unspecified atom stereocenters. The summed E-state index contributed by atoms with van der Waals surface area (Å²) in [6.45, 7) is 4.18. The minimum atomic E-state index is -3.95. The predicted octanol–water partition coefficient (Wildman–Crippen LogP) is 8.06. The number of hydrogen-bond donors (Lipinski definition) is 0. The third-order valence-corrected chi connectivity index (χ3v) is 8.13. The highest BCUT2D eigenvalue weighted by molar-refractivity contribution is 7.86. The third kappa shape index (κ3) is 9.06. The number of aromatic nitrogens is 1. The number of benzene rings is 1. The Morgan fingerprint density at radius 1 is 0.861 bits per heavy atom. The highest BCUT2D eigenvalue weighted by Crippen LogP contribution is 2.27. The van der Waals surface area contributed by atoms with E-state index in [0.717, 1.165) is 48.3 Å². The van der Waals surface area contributed by atoms with Crippen molar-refractivity contribution in [3.05, 3.63) is 46.8 Å². The van der Waals surface area contributed by atoms with Gasteiger partial charge in [-0.2, -0.15) is 8.42 Å². The van der Waals surface area contributed by atoms with Crippen molar-refractivity contribution in [2.75, 3.05) is 0 Å². The van der Waals surface area contributed by atoms with Gasteiger partial charge in [0.15, 0.2) is 0 Å². The molecule has 1 aromatic heterocycles. The van der Waals surface area contributed by atoms with Crippen molar-refractivity contribution in [1.29, 1.82) is 0 Å². The van der Waals surface area contributed by atoms with Crippen LogP contribution >= 0.6 is 0 Å². The Morgan fingerprint density at radius 2 is 1.44 bits per heavy atom. The molecule has 6 nitrogen and oxygen atoms in total. The Kier molecular flexibility index (Phi) is 12.0. The monoisotopic (exact) mass is 516 g/mol. The molecule has 0 N–H and O–H groups in total. The average Bonchev–Trinajstić information content (AvgIpc) is 3.29. The van der Waals surface area contributed by atoms with Crippen molar-refractivity contribution < 1.29 is 17.2 Å². The molecule has 200 valence electrons. The number of unbranched alkanes of at least 4 members (excludes halogenated alkanes) is 12. The van der Waals surface area contributed by atoms with Crippen molar-refractivity contribution in [2.24, 2.45) is 5.16 Å². The van der Waals surface area contributed by atoms with Crippen LogP contribution in [0.2, 0.25) is 0 Å². The Hall–Kier alpha value is -2.15. The molecule has 36 heavy (non-hydrogen) atoms. The maximum Gasteiger partial charge on any atom is 0.358 e. The minimum Gasteiger partial charge on any atom is -0.360 e. The van der Waals surface area contributed by atoms with E-state index in [1.165, 1.54) is 89.2 Å². The summed E-state index contributed by atoms with van der Waals surface area (Å²) in [5.41, 5.74) is 3.35. The lowest BCUT2D eigenvalue weighted by molar-refractivity contribution is 0.336. The van der Waals surface area contributed by atoms with E-state index >= 15 is 0 Å². The summed E-state index contributed by atoms with van der Waals surface area (Å²) < 4.78 is 35.8. The highest BCUT2D eigenvalue weighted by atomic mass is 32.2. The largest absolute Gasteiger partial charge is 0.360 e. The smallest absolute Gasteiger partial charge is 0.358 e. The molecule has 0 bridgehead atoms. The Morgan fingerprint density at radius 3 is 2.06 bits per heavy atom. The fraction of sp³-hybridized carbons (Fsp3) is 0.655. The van der Waals surface area contributed by atoms with Gasteiger partial charge in [-0.3, -0.25) is 4.28 Å². The lowest BCUT2D eigenvalue weighted by atomic mass is 9.93. The van der Waals surface area contributed by atoms with Gasteiger partial charge in [-0.15, -0.1) is 0 Å². The first kappa shape index (κ1) is 28.4. The van der Waals surface area contributed by atoms with Gasteiger partial charge in [-0.25, -0.2) is 0 Å². The fourth-order valence-corrected chi connectivity index (χ4v) is 5.56. The van der Waals surface area contributed by atoms with Gasteiger partial charge in [0.05, 0.1) is 17.0 Å². The third-order valence-electron chi connectivity index (χ3n) is 7.01. The second-order valence-corrected chi connectivity index (χ2v) is 11.7. The quantitative estimate of drug-likeness (QED) is 0.157. The molecule has 0 atom stereocenters. The number of aryl methyl sites for hydroxylation is 3. The number of oxime groups is 1. The lowest BCUT2D eigenvalue weighted by Gasteiger charge is -2.12. The minimum absolute atomic E-state index is 0.103. The maximum absolute atomic E-state index is 12.6. The molecule has 0 radical (unpaired) electrons. The summed E-state index contributed by atoms with van der Waals surface area (Å²) in [5, 5.41) is 8.36. The van der Waals surface area contributed by atoms with Gasteiger partial charge >= 0.3 is 10.1 Å². The van der Waals surface area contributed by atoms with Crippen LogP contribution in [-0.4, -0.2) is 19.3 Å². The molecule has 1 aromatic carbocycles. The van der Waals surface area contributed by atoms with Crippen molar-refractivity contribution in [3.8, 4) is 0 Å². The molecule has 1 heterocycles. The number of hydrogen-bond acceptors (Lipinski definition) is 6. The summed E-state index contributed by atoms with van der Waals surface area (Å²) in [4.78, 5) is 0.103. The van der Waals surface area contributed by atoms with E-state index in [9.17, 15) is 8.42 Å². The van der Waals surface area contributed by atoms with Crippen LogP contribution in [0.25, 0.3) is 0 Å². The van der Waals surface area contributed by atoms with E-state index in [1.54, 1.807) is 12.1 Å². The van der Waals surface area contributed by atoms with Crippen molar-refractivity contribution in [1.82, 2.24) is 5.16 Å². The molecule has 0 saturated carbocycles. The van der Waals surface area contributed by atoms with E-state index in [0.29, 0.717) is 12.1 Å². The van der Waals surface area contributed by atoms with Gasteiger partial charge in [0, 0.05) is 6.42 Å². The normalized spacial score (nSPS) is 14.8. The Labute approximate surface area is 218 Å². The molecule has 0 amide bonds. The second-order valence-electron chi connectivity index (χ2n) is 10.2. The predicted molar refractivity (Wildman–Crippen MR) is 145 cm³/mol. The average molecular weight is 517 g/mol. The summed E-state index contributed by atoms with van der Waals surface area (Å²) in [6, 6.07) is 6.57. The van der Waals surface area contributed by atoms with Crippen molar-refractivity contribution >= 4 is 15.8 Å². The molecular weight excluding hydrogens is 472 g/mol. The van der Waals surface area contributed by atoms with Crippen LogP contribution in [0.4, 0.5) is 0 Å². The number of nitrogens with zero attached hydrogens (tertiary/aromatic N) is 2. The summed E-state index contributed by atoms with van der Waals surface area (Å²) in [5.74, 6) is 0.793. The van der Waals surface area contributed by atoms with Crippen molar-refractivity contribution in [2.45, 2.75) is 128 Å². The maximum atomic E-state index is 12.6. The number of rotatable bonds is 17. The van der Waals surface area contributed by atoms with E-state index in [-0.39, 0.29) is 4.90 Å². The first-order valence-corrected chi connectivity index (χ1v) is 15.5. The van der Waals surface area contributed by atoms with Crippen molar-refractivity contribution in [3.63, 3.8) is 0 Å². The molecular formula is C29H44N2O4S. The first-order chi connectivity index (χ1) is 17.5. The summed E-state index contributed by atoms with van der Waals surface area (Å²) >= 11 is 0. The standard InChI is InChI=1S/C29H44N2O4S/c1-3-4-5-6-7-8-9-10-11-12-13-14-15-17-26-29-27(18-16-19-28(29)34-30-26)31-35-36(32,33)25-22-20-24(2)21-23-25/h20-23H,3-19H2,1-2H3. The van der Waals surface area contributed by atoms with Crippen LogP contribution < -0.4 is 0 Å². The molecule has 0 fully saturated rings. The number of fused-ring (bicyclic) bond motifs is 1. The van der Waals surface area contributed by atoms with Gasteiger partial charge in [-0.05, 0) is 44.7 Å². The zero-order valence-electron chi connectivity index (χ0n) is 22.3. The van der Waals surface area contributed by atoms with Gasteiger partial charge in [0.25, 0.3) is 0 Å². The van der Waals surface area contributed by atoms with Gasteiger partial charge < -0.3 is 4.52 Å². The topological polar surface area (TPSA) is 81.8 Å². The summed E-state index contributed by atoms with van der Waals surface area (Å²) in [7, 11) is -3.95.